The van der Waals surface area contributed by atoms with Crippen molar-refractivity contribution >= 4 is 11.9 Å². The molecule has 2 aromatic rings. The zero-order chi connectivity index (χ0) is 19.1. The van der Waals surface area contributed by atoms with E-state index >= 15 is 0 Å². The van der Waals surface area contributed by atoms with Crippen molar-refractivity contribution in [3.63, 3.8) is 0 Å². The van der Waals surface area contributed by atoms with Crippen molar-refractivity contribution in [2.24, 2.45) is 5.92 Å². The van der Waals surface area contributed by atoms with Gasteiger partial charge >= 0.3 is 5.97 Å². The van der Waals surface area contributed by atoms with E-state index in [-0.39, 0.29) is 12.1 Å². The third kappa shape index (κ3) is 5.12. The van der Waals surface area contributed by atoms with E-state index in [2.05, 4.69) is 0 Å². The molecule has 0 aromatic heterocycles. The number of hydrogen-bond donors (Lipinski definition) is 0. The minimum absolute atomic E-state index is 0.0361. The Hall–Kier alpha value is -2.76. The summed E-state index contributed by atoms with van der Waals surface area (Å²) in [5, 5.41) is 0. The molecule has 0 heterocycles. The van der Waals surface area contributed by atoms with Crippen LogP contribution in [0.4, 0.5) is 8.78 Å². The van der Waals surface area contributed by atoms with E-state index in [0.717, 1.165) is 17.7 Å². The van der Waals surface area contributed by atoms with Crippen LogP contribution >= 0.6 is 0 Å². The lowest BCUT2D eigenvalue weighted by molar-refractivity contribution is -0.145. The Morgan fingerprint density at radius 2 is 1.77 bits per heavy atom. The highest BCUT2D eigenvalue weighted by molar-refractivity contribution is 5.94. The van der Waals surface area contributed by atoms with Crippen molar-refractivity contribution in [2.45, 2.75) is 13.3 Å². The van der Waals surface area contributed by atoms with Crippen LogP contribution in [0.5, 0.6) is 0 Å². The topological polar surface area (TPSA) is 46.6 Å². The fraction of sp³-hybridized carbons (Fsp3) is 0.300. The van der Waals surface area contributed by atoms with Crippen LogP contribution in [-0.4, -0.2) is 37.0 Å². The summed E-state index contributed by atoms with van der Waals surface area (Å²) in [6, 6.07) is 12.6. The van der Waals surface area contributed by atoms with Crippen LogP contribution in [0.3, 0.4) is 0 Å². The van der Waals surface area contributed by atoms with Crippen molar-refractivity contribution in [3.05, 3.63) is 71.3 Å². The van der Waals surface area contributed by atoms with Gasteiger partial charge in [0.15, 0.2) is 11.6 Å². The van der Waals surface area contributed by atoms with Gasteiger partial charge in [0.2, 0.25) is 0 Å². The quantitative estimate of drug-likeness (QED) is 0.710. The molecule has 0 saturated heterocycles. The lowest BCUT2D eigenvalue weighted by atomic mass is 10.1. The van der Waals surface area contributed by atoms with Crippen molar-refractivity contribution in [1.29, 1.82) is 0 Å². The van der Waals surface area contributed by atoms with Gasteiger partial charge in [0.1, 0.15) is 0 Å². The van der Waals surface area contributed by atoms with Gasteiger partial charge in [0.25, 0.3) is 5.91 Å². The highest BCUT2D eigenvalue weighted by Crippen LogP contribution is 2.14. The second kappa shape index (κ2) is 9.08. The van der Waals surface area contributed by atoms with E-state index in [0.29, 0.717) is 13.0 Å². The second-order valence-corrected chi connectivity index (χ2v) is 6.04. The summed E-state index contributed by atoms with van der Waals surface area (Å²) >= 11 is 0. The number of carbonyl (C=O) groups excluding carboxylic acids is 2. The maximum absolute atomic E-state index is 13.5. The first-order valence-corrected chi connectivity index (χ1v) is 8.28. The molecule has 1 amide bonds. The molecule has 0 spiro atoms. The first-order valence-electron chi connectivity index (χ1n) is 8.28. The third-order valence-corrected chi connectivity index (χ3v) is 4.06. The van der Waals surface area contributed by atoms with E-state index in [9.17, 15) is 18.4 Å². The fourth-order valence-corrected chi connectivity index (χ4v) is 2.60. The van der Waals surface area contributed by atoms with Gasteiger partial charge in [-0.15, -0.1) is 0 Å². The standard InChI is InChI=1S/C20H21F2NO3/c1-14(20(25)26-2)13-23(11-10-15-6-4-3-5-7-15)19(24)16-8-9-17(21)18(22)12-16/h3-9,12,14H,10-11,13H2,1-2H3. The van der Waals surface area contributed by atoms with E-state index < -0.39 is 29.4 Å². The van der Waals surface area contributed by atoms with Gasteiger partial charge in [0, 0.05) is 18.7 Å². The van der Waals surface area contributed by atoms with Gasteiger partial charge in [0.05, 0.1) is 13.0 Å². The Morgan fingerprint density at radius 3 is 2.38 bits per heavy atom. The molecule has 0 aliphatic rings. The van der Waals surface area contributed by atoms with Crippen LogP contribution in [-0.2, 0) is 16.0 Å². The Balaban J connectivity index is 2.18. The number of benzene rings is 2. The highest BCUT2D eigenvalue weighted by atomic mass is 19.2. The molecule has 2 aromatic carbocycles. The minimum atomic E-state index is -1.08. The fourth-order valence-electron chi connectivity index (χ4n) is 2.60. The monoisotopic (exact) mass is 361 g/mol. The number of nitrogens with zero attached hydrogens (tertiary/aromatic N) is 1. The minimum Gasteiger partial charge on any atom is -0.469 e. The van der Waals surface area contributed by atoms with E-state index in [1.54, 1.807) is 6.92 Å². The molecule has 1 atom stereocenters. The molecule has 1 unspecified atom stereocenters. The van der Waals surface area contributed by atoms with Crippen LogP contribution in [0.1, 0.15) is 22.8 Å². The number of ether oxygens (including phenoxy) is 1. The molecule has 0 saturated carbocycles. The molecule has 26 heavy (non-hydrogen) atoms. The van der Waals surface area contributed by atoms with E-state index in [1.807, 2.05) is 30.3 Å². The van der Waals surface area contributed by atoms with Gasteiger partial charge < -0.3 is 9.64 Å². The zero-order valence-corrected chi connectivity index (χ0v) is 14.7. The summed E-state index contributed by atoms with van der Waals surface area (Å²) < 4.78 is 31.3. The molecule has 2 rings (SSSR count). The van der Waals surface area contributed by atoms with E-state index in [4.69, 9.17) is 4.74 Å². The highest BCUT2D eigenvalue weighted by Gasteiger charge is 2.23. The van der Waals surface area contributed by atoms with Gasteiger partial charge in [-0.1, -0.05) is 37.3 Å². The number of halogens is 2. The summed E-state index contributed by atoms with van der Waals surface area (Å²) in [6.45, 7) is 2.11. The number of esters is 1. The predicted molar refractivity (Wildman–Crippen MR) is 93.6 cm³/mol. The molecule has 4 nitrogen and oxygen atoms in total. The normalized spacial score (nSPS) is 11.7. The molecule has 6 heteroatoms. The summed E-state index contributed by atoms with van der Waals surface area (Å²) in [4.78, 5) is 25.9. The van der Waals surface area contributed by atoms with Gasteiger partial charge in [-0.05, 0) is 30.2 Å². The number of amides is 1. The molecular weight excluding hydrogens is 340 g/mol. The first kappa shape index (κ1) is 19.6. The lowest BCUT2D eigenvalue weighted by Gasteiger charge is -2.25. The molecule has 138 valence electrons. The SMILES string of the molecule is COC(=O)C(C)CN(CCc1ccccc1)C(=O)c1ccc(F)c(F)c1. The summed E-state index contributed by atoms with van der Waals surface area (Å²) in [7, 11) is 1.28. The maximum Gasteiger partial charge on any atom is 0.310 e. The van der Waals surface area contributed by atoms with Crippen molar-refractivity contribution < 1.29 is 23.1 Å². The molecule has 0 bridgehead atoms. The van der Waals surface area contributed by atoms with Crippen LogP contribution in [0.15, 0.2) is 48.5 Å². The van der Waals surface area contributed by atoms with Gasteiger partial charge in [-0.3, -0.25) is 9.59 Å². The van der Waals surface area contributed by atoms with Crippen molar-refractivity contribution in [1.82, 2.24) is 4.90 Å². The van der Waals surface area contributed by atoms with Gasteiger partial charge in [-0.2, -0.15) is 0 Å². The molecule has 0 N–H and O–H groups in total. The molecule has 0 aliphatic carbocycles. The molecular formula is C20H21F2NO3. The summed E-state index contributed by atoms with van der Waals surface area (Å²) in [6.07, 6.45) is 0.574. The summed E-state index contributed by atoms with van der Waals surface area (Å²) in [5.74, 6) is -3.53. The van der Waals surface area contributed by atoms with Crippen molar-refractivity contribution in [3.8, 4) is 0 Å². The smallest absolute Gasteiger partial charge is 0.310 e. The lowest BCUT2D eigenvalue weighted by Crippen LogP contribution is -2.38. The molecule has 0 fully saturated rings. The Morgan fingerprint density at radius 1 is 1.08 bits per heavy atom. The van der Waals surface area contributed by atoms with Gasteiger partial charge in [-0.25, -0.2) is 8.78 Å². The largest absolute Gasteiger partial charge is 0.469 e. The average Bonchev–Trinajstić information content (AvgIpc) is 2.66. The van der Waals surface area contributed by atoms with Crippen LogP contribution in [0.2, 0.25) is 0 Å². The van der Waals surface area contributed by atoms with Crippen molar-refractivity contribution in [2.75, 3.05) is 20.2 Å². The Kier molecular flexibility index (Phi) is 6.83. The van der Waals surface area contributed by atoms with E-state index in [1.165, 1.54) is 18.1 Å². The number of rotatable bonds is 7. The molecule has 0 radical (unpaired) electrons. The second-order valence-electron chi connectivity index (χ2n) is 6.04. The number of hydrogen-bond acceptors (Lipinski definition) is 3. The Labute approximate surface area is 151 Å². The first-order chi connectivity index (χ1) is 12.4. The number of methoxy groups -OCH3 is 1. The van der Waals surface area contributed by atoms with Crippen LogP contribution in [0, 0.1) is 17.6 Å². The number of carbonyl (C=O) groups is 2. The predicted octanol–water partition coefficient (Wildman–Crippen LogP) is 3.46. The zero-order valence-electron chi connectivity index (χ0n) is 14.7. The van der Waals surface area contributed by atoms with Crippen LogP contribution < -0.4 is 0 Å². The maximum atomic E-state index is 13.5. The average molecular weight is 361 g/mol. The summed E-state index contributed by atoms with van der Waals surface area (Å²) in [5.41, 5.74) is 1.07. The third-order valence-electron chi connectivity index (χ3n) is 4.06. The molecule has 0 aliphatic heterocycles. The Bertz CT molecular complexity index is 765. The van der Waals surface area contributed by atoms with Crippen LogP contribution in [0.25, 0.3) is 0 Å².